The molecule has 7 N–H and O–H groups in total. The number of aliphatic hydroxyl groups excluding tert-OH is 2. The standard InChI is InChI=1S/C23H25NO8/c1-8-5-6-12-9(2)14-17(20(29)16(12)18(8)27)22(31)23(32,13(7-24)19(14)28)21(30)15(10(3)25)11(4)26/h5-6,13,19,25,27-29,32H,7,24H2,1-4H3/b15-10+/t13?,19?,23-/m1/s1. The Morgan fingerprint density at radius 2 is 1.72 bits per heavy atom. The summed E-state index contributed by atoms with van der Waals surface area (Å²) < 4.78 is 0. The number of aryl methyl sites for hydroxylation is 2. The van der Waals surface area contributed by atoms with Gasteiger partial charge >= 0.3 is 0 Å². The third-order valence-corrected chi connectivity index (χ3v) is 6.26. The van der Waals surface area contributed by atoms with Crippen molar-refractivity contribution in [3.63, 3.8) is 0 Å². The molecule has 0 amide bonds. The maximum absolute atomic E-state index is 13.6. The first kappa shape index (κ1) is 23.4. The third kappa shape index (κ3) is 2.93. The van der Waals surface area contributed by atoms with Crippen LogP contribution in [0.25, 0.3) is 10.8 Å². The van der Waals surface area contributed by atoms with Gasteiger partial charge in [0, 0.05) is 12.5 Å². The number of aliphatic hydroxyl groups is 3. The zero-order valence-corrected chi connectivity index (χ0v) is 18.1. The summed E-state index contributed by atoms with van der Waals surface area (Å²) in [5.41, 5.74) is 2.04. The zero-order valence-electron chi connectivity index (χ0n) is 18.1. The van der Waals surface area contributed by atoms with Crippen LogP contribution in [0.15, 0.2) is 23.5 Å². The maximum Gasteiger partial charge on any atom is 0.209 e. The number of benzene rings is 2. The molecule has 0 heterocycles. The predicted octanol–water partition coefficient (Wildman–Crippen LogP) is 1.39. The van der Waals surface area contributed by atoms with E-state index in [1.54, 1.807) is 26.0 Å². The summed E-state index contributed by atoms with van der Waals surface area (Å²) in [6, 6.07) is 3.20. The van der Waals surface area contributed by atoms with E-state index in [1.807, 2.05) is 0 Å². The number of aromatic hydroxyl groups is 2. The van der Waals surface area contributed by atoms with Crippen molar-refractivity contribution in [2.75, 3.05) is 6.54 Å². The molecule has 0 radical (unpaired) electrons. The fourth-order valence-corrected chi connectivity index (χ4v) is 4.56. The Balaban J connectivity index is 2.45. The van der Waals surface area contributed by atoms with Gasteiger partial charge in [-0.05, 0) is 49.8 Å². The number of phenols is 2. The first-order valence-electron chi connectivity index (χ1n) is 9.90. The highest BCUT2D eigenvalue weighted by molar-refractivity contribution is 6.32. The second kappa shape index (κ2) is 7.70. The Labute approximate surface area is 183 Å². The SMILES string of the molecule is CC(=O)/C(C(=O)[C@@]1(O)C(=O)c2c(c(C)c3ccc(C)c(O)c3c2O)C(O)C1CN)=C(/C)O. The van der Waals surface area contributed by atoms with Gasteiger partial charge in [0.1, 0.15) is 22.8 Å². The highest BCUT2D eigenvalue weighted by Crippen LogP contribution is 2.50. The molecule has 170 valence electrons. The van der Waals surface area contributed by atoms with Crippen LogP contribution >= 0.6 is 0 Å². The van der Waals surface area contributed by atoms with E-state index in [0.717, 1.165) is 13.8 Å². The van der Waals surface area contributed by atoms with Crippen LogP contribution in [-0.4, -0.2) is 55.0 Å². The minimum absolute atomic E-state index is 0.0368. The molecule has 0 saturated heterocycles. The molecule has 0 fully saturated rings. The lowest BCUT2D eigenvalue weighted by Crippen LogP contribution is -2.60. The Kier molecular flexibility index (Phi) is 5.63. The Bertz CT molecular complexity index is 1220. The summed E-state index contributed by atoms with van der Waals surface area (Å²) in [6.45, 7) is 4.63. The number of Topliss-reactive ketones (excluding diaryl/α,β-unsaturated/α-hetero) is 3. The highest BCUT2D eigenvalue weighted by Gasteiger charge is 2.59. The number of fused-ring (bicyclic) bond motifs is 2. The van der Waals surface area contributed by atoms with E-state index in [-0.39, 0.29) is 16.7 Å². The number of carbonyl (C=O) groups excluding carboxylic acids is 3. The lowest BCUT2D eigenvalue weighted by Gasteiger charge is -2.42. The number of phenolic OH excluding ortho intramolecular Hbond substituents is 2. The van der Waals surface area contributed by atoms with E-state index in [2.05, 4.69) is 0 Å². The van der Waals surface area contributed by atoms with Crippen LogP contribution in [0.2, 0.25) is 0 Å². The van der Waals surface area contributed by atoms with Crippen molar-refractivity contribution in [1.82, 2.24) is 0 Å². The summed E-state index contributed by atoms with van der Waals surface area (Å²) >= 11 is 0. The Morgan fingerprint density at radius 3 is 2.22 bits per heavy atom. The van der Waals surface area contributed by atoms with Crippen LogP contribution in [-0.2, 0) is 9.59 Å². The van der Waals surface area contributed by atoms with Crippen LogP contribution in [0.5, 0.6) is 11.5 Å². The molecule has 1 aliphatic rings. The molecule has 3 atom stereocenters. The Hall–Kier alpha value is -3.27. The maximum atomic E-state index is 13.6. The second-order valence-electron chi connectivity index (χ2n) is 8.14. The number of ketones is 3. The fourth-order valence-electron chi connectivity index (χ4n) is 4.56. The van der Waals surface area contributed by atoms with E-state index < -0.39 is 64.2 Å². The lowest BCUT2D eigenvalue weighted by atomic mass is 9.64. The largest absolute Gasteiger partial charge is 0.512 e. The molecule has 0 spiro atoms. The van der Waals surface area contributed by atoms with Gasteiger partial charge in [-0.25, -0.2) is 0 Å². The van der Waals surface area contributed by atoms with Crippen molar-refractivity contribution in [3.8, 4) is 11.5 Å². The van der Waals surface area contributed by atoms with Crippen molar-refractivity contribution in [3.05, 3.63) is 45.7 Å². The molecule has 3 rings (SSSR count). The Morgan fingerprint density at radius 1 is 1.12 bits per heavy atom. The van der Waals surface area contributed by atoms with Crippen LogP contribution in [0.1, 0.15) is 47.0 Å². The summed E-state index contributed by atoms with van der Waals surface area (Å²) in [6.07, 6.45) is -1.67. The summed E-state index contributed by atoms with van der Waals surface area (Å²) in [4.78, 5) is 38.8. The van der Waals surface area contributed by atoms with Crippen LogP contribution < -0.4 is 5.73 Å². The number of allylic oxidation sites excluding steroid dienone is 1. The molecule has 2 unspecified atom stereocenters. The second-order valence-corrected chi connectivity index (χ2v) is 8.14. The topological polar surface area (TPSA) is 178 Å². The van der Waals surface area contributed by atoms with E-state index >= 15 is 0 Å². The van der Waals surface area contributed by atoms with Crippen LogP contribution in [0, 0.1) is 19.8 Å². The number of nitrogens with two attached hydrogens (primary N) is 1. The van der Waals surface area contributed by atoms with E-state index in [1.165, 1.54) is 0 Å². The zero-order chi connectivity index (χ0) is 24.3. The number of hydrogen-bond donors (Lipinski definition) is 6. The summed E-state index contributed by atoms with van der Waals surface area (Å²) in [5, 5.41) is 54.1. The van der Waals surface area contributed by atoms with Gasteiger partial charge in [-0.2, -0.15) is 0 Å². The van der Waals surface area contributed by atoms with E-state index in [4.69, 9.17) is 5.73 Å². The summed E-state index contributed by atoms with van der Waals surface area (Å²) in [7, 11) is 0. The van der Waals surface area contributed by atoms with Gasteiger partial charge < -0.3 is 31.3 Å². The average molecular weight is 443 g/mol. The fraction of sp³-hybridized carbons (Fsp3) is 0.348. The summed E-state index contributed by atoms with van der Waals surface area (Å²) in [5.74, 6) is -6.94. The molecule has 0 bridgehead atoms. The molecule has 1 aliphatic carbocycles. The van der Waals surface area contributed by atoms with Gasteiger partial charge in [0.15, 0.2) is 11.4 Å². The monoisotopic (exact) mass is 443 g/mol. The van der Waals surface area contributed by atoms with Crippen LogP contribution in [0.4, 0.5) is 0 Å². The van der Waals surface area contributed by atoms with Gasteiger partial charge in [0.25, 0.3) is 0 Å². The van der Waals surface area contributed by atoms with E-state index in [9.17, 15) is 39.9 Å². The van der Waals surface area contributed by atoms with Crippen LogP contribution in [0.3, 0.4) is 0 Å². The first-order chi connectivity index (χ1) is 14.8. The third-order valence-electron chi connectivity index (χ3n) is 6.26. The highest BCUT2D eigenvalue weighted by atomic mass is 16.3. The smallest absolute Gasteiger partial charge is 0.209 e. The molecular formula is C23H25NO8. The predicted molar refractivity (Wildman–Crippen MR) is 115 cm³/mol. The van der Waals surface area contributed by atoms with Crippen molar-refractivity contribution in [2.24, 2.45) is 11.7 Å². The molecular weight excluding hydrogens is 418 g/mol. The molecule has 0 aromatic heterocycles. The lowest BCUT2D eigenvalue weighted by molar-refractivity contribution is -0.140. The van der Waals surface area contributed by atoms with Gasteiger partial charge in [-0.3, -0.25) is 14.4 Å². The molecule has 0 saturated carbocycles. The van der Waals surface area contributed by atoms with Gasteiger partial charge in [0.2, 0.25) is 11.6 Å². The number of hydrogen-bond acceptors (Lipinski definition) is 9. The quantitative estimate of drug-likeness (QED) is 0.176. The van der Waals surface area contributed by atoms with Crippen molar-refractivity contribution < 1.29 is 39.9 Å². The number of rotatable bonds is 4. The van der Waals surface area contributed by atoms with Gasteiger partial charge in [0.05, 0.1) is 17.1 Å². The average Bonchev–Trinajstić information content (AvgIpc) is 2.70. The minimum atomic E-state index is -3.04. The van der Waals surface area contributed by atoms with Crippen molar-refractivity contribution in [2.45, 2.75) is 39.4 Å². The van der Waals surface area contributed by atoms with Crippen molar-refractivity contribution in [1.29, 1.82) is 0 Å². The van der Waals surface area contributed by atoms with Crippen molar-refractivity contribution >= 4 is 28.1 Å². The van der Waals surface area contributed by atoms with E-state index in [0.29, 0.717) is 16.5 Å². The number of carbonyl (C=O) groups is 3. The van der Waals surface area contributed by atoms with Gasteiger partial charge in [-0.15, -0.1) is 0 Å². The molecule has 9 nitrogen and oxygen atoms in total. The molecule has 2 aromatic carbocycles. The molecule has 9 heteroatoms. The molecule has 32 heavy (non-hydrogen) atoms. The molecule has 2 aromatic rings. The molecule has 0 aliphatic heterocycles. The minimum Gasteiger partial charge on any atom is -0.512 e. The van der Waals surface area contributed by atoms with Gasteiger partial charge in [-0.1, -0.05) is 12.1 Å². The normalized spacial score (nSPS) is 23.7. The first-order valence-corrected chi connectivity index (χ1v) is 9.90.